The van der Waals surface area contributed by atoms with Crippen LogP contribution in [0.1, 0.15) is 13.3 Å². The summed E-state index contributed by atoms with van der Waals surface area (Å²) >= 11 is 0. The lowest BCUT2D eigenvalue weighted by atomic mass is 10.4. The van der Waals surface area contributed by atoms with Crippen molar-refractivity contribution in [1.82, 2.24) is 10.2 Å². The third-order valence-corrected chi connectivity index (χ3v) is 1.15. The van der Waals surface area contributed by atoms with Gasteiger partial charge in [0.05, 0.1) is 0 Å². The van der Waals surface area contributed by atoms with Gasteiger partial charge in [0.15, 0.2) is 0 Å². The van der Waals surface area contributed by atoms with Gasteiger partial charge in [-0.25, -0.2) is 0 Å². The van der Waals surface area contributed by atoms with E-state index in [0.29, 0.717) is 0 Å². The van der Waals surface area contributed by atoms with Crippen molar-refractivity contribution in [2.24, 2.45) is 0 Å². The molecular formula is C8H16N2. The minimum Gasteiger partial charge on any atom is -0.393 e. The van der Waals surface area contributed by atoms with Crippen molar-refractivity contribution in [3.05, 3.63) is 25.2 Å². The fraction of sp³-hybridized carbons (Fsp3) is 0.500. The molecule has 0 radical (unpaired) electrons. The lowest BCUT2D eigenvalue weighted by molar-refractivity contribution is 0.500. The molecule has 0 unspecified atom stereocenters. The summed E-state index contributed by atoms with van der Waals surface area (Å²) in [5, 5.41) is 2.92. The predicted octanol–water partition coefficient (Wildman–Crippen LogP) is 1.53. The molecule has 1 N–H and O–H groups in total. The van der Waals surface area contributed by atoms with Crippen LogP contribution in [0.4, 0.5) is 0 Å². The molecule has 58 valence electrons. The van der Waals surface area contributed by atoms with Gasteiger partial charge < -0.3 is 10.2 Å². The van der Waals surface area contributed by atoms with E-state index in [2.05, 4.69) is 18.8 Å². The van der Waals surface area contributed by atoms with E-state index in [-0.39, 0.29) is 0 Å². The number of rotatable bonds is 5. The van der Waals surface area contributed by atoms with Gasteiger partial charge in [-0.05, 0) is 12.6 Å². The molecule has 0 aromatic carbocycles. The first kappa shape index (κ1) is 9.08. The number of hydrogen-bond acceptors (Lipinski definition) is 2. The maximum atomic E-state index is 3.68. The van der Waals surface area contributed by atoms with E-state index in [9.17, 15) is 0 Å². The molecule has 10 heavy (non-hydrogen) atoms. The van der Waals surface area contributed by atoms with Gasteiger partial charge in [0.1, 0.15) is 0 Å². The van der Waals surface area contributed by atoms with Crippen molar-refractivity contribution < 1.29 is 0 Å². The van der Waals surface area contributed by atoms with Crippen LogP contribution in [0.25, 0.3) is 0 Å². The topological polar surface area (TPSA) is 15.3 Å². The molecule has 2 heteroatoms. The van der Waals surface area contributed by atoms with E-state index in [0.717, 1.165) is 13.0 Å². The monoisotopic (exact) mass is 140 g/mol. The average Bonchev–Trinajstić information content (AvgIpc) is 1.98. The van der Waals surface area contributed by atoms with Crippen LogP contribution in [-0.2, 0) is 0 Å². The van der Waals surface area contributed by atoms with Crippen molar-refractivity contribution in [1.29, 1.82) is 0 Å². The van der Waals surface area contributed by atoms with Crippen LogP contribution in [0.3, 0.4) is 0 Å². The molecule has 0 atom stereocenters. The summed E-state index contributed by atoms with van der Waals surface area (Å²) in [6.45, 7) is 6.85. The van der Waals surface area contributed by atoms with Crippen LogP contribution in [0.2, 0.25) is 0 Å². The summed E-state index contributed by atoms with van der Waals surface area (Å²) in [4.78, 5) is 2.04. The largest absolute Gasteiger partial charge is 0.393 e. The first-order valence-electron chi connectivity index (χ1n) is 3.57. The highest BCUT2D eigenvalue weighted by molar-refractivity contribution is 4.85. The Kier molecular flexibility index (Phi) is 5.63. The van der Waals surface area contributed by atoms with Crippen molar-refractivity contribution in [3.8, 4) is 0 Å². The molecule has 0 aliphatic carbocycles. The van der Waals surface area contributed by atoms with Crippen LogP contribution in [0.15, 0.2) is 25.2 Å². The zero-order chi connectivity index (χ0) is 7.82. The number of nitrogens with one attached hydrogen (secondary N) is 1. The highest BCUT2D eigenvalue weighted by atomic mass is 15.1. The SMILES string of the molecule is C=CN(/C=C\NC)CCC. The number of nitrogens with zero attached hydrogens (tertiary/aromatic N) is 1. The summed E-state index contributed by atoms with van der Waals surface area (Å²) in [7, 11) is 1.88. The quantitative estimate of drug-likeness (QED) is 0.623. The summed E-state index contributed by atoms with van der Waals surface area (Å²) in [5.41, 5.74) is 0. The first-order chi connectivity index (χ1) is 4.85. The van der Waals surface area contributed by atoms with E-state index < -0.39 is 0 Å². The van der Waals surface area contributed by atoms with E-state index in [1.165, 1.54) is 0 Å². The Morgan fingerprint density at radius 1 is 1.60 bits per heavy atom. The predicted molar refractivity (Wildman–Crippen MR) is 45.4 cm³/mol. The van der Waals surface area contributed by atoms with Crippen LogP contribution < -0.4 is 5.32 Å². The summed E-state index contributed by atoms with van der Waals surface area (Å²) in [6, 6.07) is 0. The van der Waals surface area contributed by atoms with Crippen LogP contribution in [0.5, 0.6) is 0 Å². The smallest absolute Gasteiger partial charge is 0.0217 e. The normalized spacial score (nSPS) is 9.80. The van der Waals surface area contributed by atoms with Gasteiger partial charge in [-0.15, -0.1) is 0 Å². The molecule has 0 fully saturated rings. The minimum atomic E-state index is 1.03. The summed E-state index contributed by atoms with van der Waals surface area (Å²) < 4.78 is 0. The van der Waals surface area contributed by atoms with E-state index in [1.807, 2.05) is 30.5 Å². The summed E-state index contributed by atoms with van der Waals surface area (Å²) in [6.07, 6.45) is 6.81. The van der Waals surface area contributed by atoms with Gasteiger partial charge in [0, 0.05) is 26.0 Å². The Balaban J connectivity index is 3.59. The molecule has 0 aromatic heterocycles. The van der Waals surface area contributed by atoms with E-state index >= 15 is 0 Å². The van der Waals surface area contributed by atoms with Gasteiger partial charge in [-0.3, -0.25) is 0 Å². The average molecular weight is 140 g/mol. The zero-order valence-electron chi connectivity index (χ0n) is 6.80. The first-order valence-corrected chi connectivity index (χ1v) is 3.57. The Hall–Kier alpha value is -0.920. The van der Waals surface area contributed by atoms with Crippen molar-refractivity contribution in [2.75, 3.05) is 13.6 Å². The molecule has 2 nitrogen and oxygen atoms in total. The Morgan fingerprint density at radius 3 is 2.70 bits per heavy atom. The fourth-order valence-electron chi connectivity index (χ4n) is 0.655. The number of hydrogen-bond donors (Lipinski definition) is 1. The van der Waals surface area contributed by atoms with Gasteiger partial charge in [0.2, 0.25) is 0 Å². The standard InChI is InChI=1S/C8H16N2/c1-4-7-10(5-2)8-6-9-3/h5-6,8-9H,2,4,7H2,1,3H3/b8-6-. The van der Waals surface area contributed by atoms with Gasteiger partial charge in [0.25, 0.3) is 0 Å². The molecule has 0 aliphatic heterocycles. The second-order valence-electron chi connectivity index (χ2n) is 2.02. The summed E-state index contributed by atoms with van der Waals surface area (Å²) in [5.74, 6) is 0. The molecule has 0 rings (SSSR count). The van der Waals surface area contributed by atoms with E-state index in [1.54, 1.807) is 0 Å². The highest BCUT2D eigenvalue weighted by Gasteiger charge is 1.86. The minimum absolute atomic E-state index is 1.03. The van der Waals surface area contributed by atoms with Crippen LogP contribution in [-0.4, -0.2) is 18.5 Å². The van der Waals surface area contributed by atoms with Crippen LogP contribution >= 0.6 is 0 Å². The third kappa shape index (κ3) is 4.01. The molecule has 0 spiro atoms. The second-order valence-corrected chi connectivity index (χ2v) is 2.02. The van der Waals surface area contributed by atoms with Crippen LogP contribution in [0, 0.1) is 0 Å². The lowest BCUT2D eigenvalue weighted by Gasteiger charge is -2.12. The van der Waals surface area contributed by atoms with Gasteiger partial charge in [-0.2, -0.15) is 0 Å². The molecule has 0 amide bonds. The molecule has 0 aromatic rings. The maximum absolute atomic E-state index is 3.68. The lowest BCUT2D eigenvalue weighted by Crippen LogP contribution is -2.10. The second kappa shape index (κ2) is 6.20. The molecule has 0 bridgehead atoms. The van der Waals surface area contributed by atoms with Gasteiger partial charge in [-0.1, -0.05) is 13.5 Å². The third-order valence-electron chi connectivity index (χ3n) is 1.15. The molecule has 0 saturated heterocycles. The maximum Gasteiger partial charge on any atom is 0.0217 e. The molecule has 0 aliphatic rings. The molecular weight excluding hydrogens is 124 g/mol. The molecule has 0 heterocycles. The Labute approximate surface area is 63.2 Å². The highest BCUT2D eigenvalue weighted by Crippen LogP contribution is 1.90. The van der Waals surface area contributed by atoms with Gasteiger partial charge >= 0.3 is 0 Å². The molecule has 0 saturated carbocycles. The van der Waals surface area contributed by atoms with E-state index in [4.69, 9.17) is 0 Å². The fourth-order valence-corrected chi connectivity index (χ4v) is 0.655. The Morgan fingerprint density at radius 2 is 2.30 bits per heavy atom. The van der Waals surface area contributed by atoms with Crippen molar-refractivity contribution >= 4 is 0 Å². The van der Waals surface area contributed by atoms with Crippen molar-refractivity contribution in [2.45, 2.75) is 13.3 Å². The Bertz CT molecular complexity index is 108. The van der Waals surface area contributed by atoms with Crippen molar-refractivity contribution in [3.63, 3.8) is 0 Å². The zero-order valence-corrected chi connectivity index (χ0v) is 6.80.